The van der Waals surface area contributed by atoms with Gasteiger partial charge >= 0.3 is 0 Å². The largest absolute Gasteiger partial charge is 0.493 e. The maximum atomic E-state index is 6.35. The summed E-state index contributed by atoms with van der Waals surface area (Å²) in [5.41, 5.74) is 2.32. The van der Waals surface area contributed by atoms with Gasteiger partial charge in [0.25, 0.3) is 0 Å². The molecule has 0 bridgehead atoms. The molecular formula is C24H36Cl2N2O3. The van der Waals surface area contributed by atoms with Crippen LogP contribution in [0.5, 0.6) is 17.2 Å². The van der Waals surface area contributed by atoms with Crippen LogP contribution in [0.1, 0.15) is 37.4 Å². The first-order chi connectivity index (χ1) is 14.2. The highest BCUT2D eigenvalue weighted by atomic mass is 35.5. The normalized spacial score (nSPS) is 15.7. The SMILES string of the molecule is CCC(C)[C@@H](c1cc(OC)c(OC)cc1OCc1ccccc1)N1CCNCC1.Cl.Cl. The van der Waals surface area contributed by atoms with Crippen molar-refractivity contribution in [1.29, 1.82) is 0 Å². The van der Waals surface area contributed by atoms with Gasteiger partial charge in [-0.15, -0.1) is 24.8 Å². The molecule has 0 aliphatic carbocycles. The van der Waals surface area contributed by atoms with E-state index in [1.54, 1.807) is 14.2 Å². The number of hydrogen-bond acceptors (Lipinski definition) is 5. The zero-order valence-corrected chi connectivity index (χ0v) is 20.6. The van der Waals surface area contributed by atoms with E-state index in [1.165, 1.54) is 5.56 Å². The highest BCUT2D eigenvalue weighted by Crippen LogP contribution is 2.43. The lowest BCUT2D eigenvalue weighted by Gasteiger charge is -2.39. The van der Waals surface area contributed by atoms with Crippen LogP contribution in [-0.2, 0) is 6.61 Å². The van der Waals surface area contributed by atoms with Crippen molar-refractivity contribution in [2.45, 2.75) is 32.9 Å². The Bertz CT molecular complexity index is 771. The lowest BCUT2D eigenvalue weighted by molar-refractivity contribution is 0.124. The molecule has 1 N–H and O–H groups in total. The molecule has 1 unspecified atom stereocenters. The molecule has 3 rings (SSSR count). The van der Waals surface area contributed by atoms with E-state index in [1.807, 2.05) is 24.3 Å². The number of nitrogens with zero attached hydrogens (tertiary/aromatic N) is 1. The molecule has 174 valence electrons. The van der Waals surface area contributed by atoms with Crippen LogP contribution in [0.4, 0.5) is 0 Å². The zero-order valence-electron chi connectivity index (χ0n) is 18.9. The second-order valence-electron chi connectivity index (χ2n) is 7.64. The van der Waals surface area contributed by atoms with E-state index in [9.17, 15) is 0 Å². The number of ether oxygens (including phenoxy) is 3. The molecule has 2 atom stereocenters. The smallest absolute Gasteiger partial charge is 0.164 e. The van der Waals surface area contributed by atoms with E-state index in [2.05, 4.69) is 42.3 Å². The number of nitrogens with one attached hydrogen (secondary N) is 1. The monoisotopic (exact) mass is 470 g/mol. The van der Waals surface area contributed by atoms with Crippen molar-refractivity contribution in [3.8, 4) is 17.2 Å². The molecule has 1 fully saturated rings. The molecule has 31 heavy (non-hydrogen) atoms. The highest BCUT2D eigenvalue weighted by Gasteiger charge is 2.30. The van der Waals surface area contributed by atoms with Crippen molar-refractivity contribution in [3.05, 3.63) is 53.6 Å². The molecule has 0 radical (unpaired) electrons. The Labute approximate surface area is 199 Å². The first kappa shape index (κ1) is 27.4. The second-order valence-corrected chi connectivity index (χ2v) is 7.64. The van der Waals surface area contributed by atoms with Crippen molar-refractivity contribution in [2.24, 2.45) is 5.92 Å². The van der Waals surface area contributed by atoms with Gasteiger partial charge in [-0.1, -0.05) is 50.6 Å². The quantitative estimate of drug-likeness (QED) is 0.550. The fourth-order valence-corrected chi connectivity index (χ4v) is 4.01. The van der Waals surface area contributed by atoms with Gasteiger partial charge in [0.1, 0.15) is 12.4 Å². The van der Waals surface area contributed by atoms with Crippen LogP contribution in [0.2, 0.25) is 0 Å². The van der Waals surface area contributed by atoms with Gasteiger partial charge in [-0.05, 0) is 17.5 Å². The first-order valence-corrected chi connectivity index (χ1v) is 10.5. The van der Waals surface area contributed by atoms with Crippen LogP contribution < -0.4 is 19.5 Å². The standard InChI is InChI=1S/C24H34N2O3.2ClH/c1-5-18(2)24(26-13-11-25-12-14-26)20-15-22(27-3)23(28-4)16-21(20)29-17-19-9-7-6-8-10-19;;/h6-10,15-16,18,24-25H,5,11-14,17H2,1-4H3;2*1H/t18?,24-;;/m0../s1. The lowest BCUT2D eigenvalue weighted by atomic mass is 9.89. The van der Waals surface area contributed by atoms with Crippen LogP contribution in [0, 0.1) is 5.92 Å². The van der Waals surface area contributed by atoms with Gasteiger partial charge in [0.2, 0.25) is 0 Å². The van der Waals surface area contributed by atoms with Crippen LogP contribution in [0.3, 0.4) is 0 Å². The second kappa shape index (κ2) is 13.7. The fraction of sp³-hybridized carbons (Fsp3) is 0.500. The number of benzene rings is 2. The summed E-state index contributed by atoms with van der Waals surface area (Å²) in [5.74, 6) is 2.81. The summed E-state index contributed by atoms with van der Waals surface area (Å²) in [6, 6.07) is 14.6. The first-order valence-electron chi connectivity index (χ1n) is 10.5. The molecule has 1 aliphatic heterocycles. The summed E-state index contributed by atoms with van der Waals surface area (Å²) < 4.78 is 17.6. The van der Waals surface area contributed by atoms with E-state index < -0.39 is 0 Å². The summed E-state index contributed by atoms with van der Waals surface area (Å²) in [7, 11) is 3.36. The van der Waals surface area contributed by atoms with Crippen LogP contribution in [-0.4, -0.2) is 45.3 Å². The van der Waals surface area contributed by atoms with Crippen molar-refractivity contribution >= 4 is 24.8 Å². The molecule has 0 amide bonds. The van der Waals surface area contributed by atoms with Gasteiger partial charge < -0.3 is 19.5 Å². The predicted octanol–water partition coefficient (Wildman–Crippen LogP) is 5.12. The summed E-state index contributed by atoms with van der Waals surface area (Å²) in [4.78, 5) is 2.57. The topological polar surface area (TPSA) is 43.0 Å². The molecule has 1 aliphatic rings. The molecule has 1 heterocycles. The average Bonchev–Trinajstić information content (AvgIpc) is 2.79. The Balaban J connectivity index is 0.00000240. The minimum absolute atomic E-state index is 0. The zero-order chi connectivity index (χ0) is 20.6. The molecule has 2 aromatic rings. The Kier molecular flexibility index (Phi) is 12.1. The number of methoxy groups -OCH3 is 2. The molecular weight excluding hydrogens is 435 g/mol. The summed E-state index contributed by atoms with van der Waals surface area (Å²) in [6.07, 6.45) is 1.10. The van der Waals surface area contributed by atoms with Crippen LogP contribution in [0.25, 0.3) is 0 Å². The van der Waals surface area contributed by atoms with Crippen molar-refractivity contribution < 1.29 is 14.2 Å². The van der Waals surface area contributed by atoms with Crippen molar-refractivity contribution in [2.75, 3.05) is 40.4 Å². The molecule has 5 nitrogen and oxygen atoms in total. The minimum atomic E-state index is 0. The molecule has 0 aromatic heterocycles. The average molecular weight is 471 g/mol. The Morgan fingerprint density at radius 1 is 0.935 bits per heavy atom. The van der Waals surface area contributed by atoms with Gasteiger partial charge in [0.05, 0.1) is 14.2 Å². The third-order valence-corrected chi connectivity index (χ3v) is 5.80. The van der Waals surface area contributed by atoms with E-state index >= 15 is 0 Å². The van der Waals surface area contributed by atoms with Crippen molar-refractivity contribution in [1.82, 2.24) is 10.2 Å². The fourth-order valence-electron chi connectivity index (χ4n) is 4.01. The highest BCUT2D eigenvalue weighted by molar-refractivity contribution is 5.85. The van der Waals surface area contributed by atoms with Gasteiger partial charge in [-0.3, -0.25) is 4.90 Å². The Hall–Kier alpha value is -1.66. The molecule has 0 spiro atoms. The number of piperazine rings is 1. The number of hydrogen-bond donors (Lipinski definition) is 1. The molecule has 7 heteroatoms. The van der Waals surface area contributed by atoms with Gasteiger partial charge in [0, 0.05) is 43.9 Å². The lowest BCUT2D eigenvalue weighted by Crippen LogP contribution is -2.46. The maximum absolute atomic E-state index is 6.35. The Morgan fingerprint density at radius 2 is 1.55 bits per heavy atom. The van der Waals surface area contributed by atoms with Gasteiger partial charge in [0.15, 0.2) is 11.5 Å². The molecule has 0 saturated carbocycles. The van der Waals surface area contributed by atoms with E-state index in [-0.39, 0.29) is 30.9 Å². The summed E-state index contributed by atoms with van der Waals surface area (Å²) in [6.45, 7) is 9.19. The van der Waals surface area contributed by atoms with Crippen molar-refractivity contribution in [3.63, 3.8) is 0 Å². The number of rotatable bonds is 9. The van der Waals surface area contributed by atoms with Gasteiger partial charge in [-0.25, -0.2) is 0 Å². The van der Waals surface area contributed by atoms with Crippen LogP contribution in [0.15, 0.2) is 42.5 Å². The van der Waals surface area contributed by atoms with E-state index in [0.29, 0.717) is 18.3 Å². The number of halogens is 2. The minimum Gasteiger partial charge on any atom is -0.493 e. The summed E-state index contributed by atoms with van der Waals surface area (Å²) >= 11 is 0. The maximum Gasteiger partial charge on any atom is 0.164 e. The van der Waals surface area contributed by atoms with Gasteiger partial charge in [-0.2, -0.15) is 0 Å². The third-order valence-electron chi connectivity index (χ3n) is 5.80. The van der Waals surface area contributed by atoms with Crippen LogP contribution >= 0.6 is 24.8 Å². The van der Waals surface area contributed by atoms with E-state index in [4.69, 9.17) is 14.2 Å². The van der Waals surface area contributed by atoms with E-state index in [0.717, 1.165) is 49.7 Å². The predicted molar refractivity (Wildman–Crippen MR) is 131 cm³/mol. The Morgan fingerprint density at radius 3 is 2.13 bits per heavy atom. The summed E-state index contributed by atoms with van der Waals surface area (Å²) in [5, 5.41) is 3.46. The molecule has 2 aromatic carbocycles. The molecule has 1 saturated heterocycles. The third kappa shape index (κ3) is 6.91.